The average Bonchev–Trinajstić information content (AvgIpc) is 3.03. The van der Waals surface area contributed by atoms with Crippen molar-refractivity contribution in [2.45, 2.75) is 45.1 Å². The summed E-state index contributed by atoms with van der Waals surface area (Å²) in [5.41, 5.74) is 2.77. The van der Waals surface area contributed by atoms with Gasteiger partial charge < -0.3 is 9.64 Å². The van der Waals surface area contributed by atoms with Gasteiger partial charge in [-0.05, 0) is 61.6 Å². The van der Waals surface area contributed by atoms with Crippen molar-refractivity contribution >= 4 is 34.9 Å². The zero-order valence-corrected chi connectivity index (χ0v) is 19.8. The number of halogens is 2. The van der Waals surface area contributed by atoms with E-state index in [0.29, 0.717) is 21.9 Å². The third-order valence-corrected chi connectivity index (χ3v) is 9.15. The van der Waals surface area contributed by atoms with Crippen molar-refractivity contribution < 1.29 is 9.53 Å². The summed E-state index contributed by atoms with van der Waals surface area (Å²) in [5.74, 6) is 0.912. The number of ether oxygens (including phenoxy) is 1. The summed E-state index contributed by atoms with van der Waals surface area (Å²) in [6.07, 6.45) is 5.78. The highest BCUT2D eigenvalue weighted by molar-refractivity contribution is 6.42. The van der Waals surface area contributed by atoms with Gasteiger partial charge in [-0.3, -0.25) is 9.69 Å². The van der Waals surface area contributed by atoms with Crippen molar-refractivity contribution in [3.63, 3.8) is 0 Å². The Bertz CT molecular complexity index is 882. The van der Waals surface area contributed by atoms with Crippen molar-refractivity contribution in [1.29, 1.82) is 0 Å². The quantitative estimate of drug-likeness (QED) is 0.442. The van der Waals surface area contributed by atoms with Crippen LogP contribution in [0.3, 0.4) is 0 Å². The van der Waals surface area contributed by atoms with Crippen LogP contribution in [-0.2, 0) is 9.53 Å². The first-order valence-electron chi connectivity index (χ1n) is 11.6. The molecular weight excluding hydrogens is 431 g/mol. The minimum Gasteiger partial charge on any atom is -0.462 e. The van der Waals surface area contributed by atoms with Gasteiger partial charge in [0.15, 0.2) is 0 Å². The first-order valence-corrected chi connectivity index (χ1v) is 12.4. The predicted molar refractivity (Wildman–Crippen MR) is 126 cm³/mol. The number of nitrogens with zero attached hydrogens (tertiary/aromatic N) is 2. The van der Waals surface area contributed by atoms with E-state index in [1.165, 1.54) is 18.4 Å². The molecule has 31 heavy (non-hydrogen) atoms. The van der Waals surface area contributed by atoms with E-state index in [0.717, 1.165) is 57.7 Å². The SMILES string of the molecule is C=C1CCC[C@]2(C)C[C@H]3OC(=O)[C@@H](CN4CCN(c5ccc(Cl)c(Cl)c5)CC4)[C@@H]3C[C@@H]12. The fourth-order valence-electron chi connectivity index (χ4n) is 6.61. The van der Waals surface area contributed by atoms with Gasteiger partial charge in [0.2, 0.25) is 0 Å². The Labute approximate surface area is 195 Å². The van der Waals surface area contributed by atoms with Crippen molar-refractivity contribution in [3.05, 3.63) is 40.4 Å². The largest absolute Gasteiger partial charge is 0.462 e. The number of fused-ring (bicyclic) bond motifs is 2. The molecule has 2 saturated heterocycles. The molecule has 5 atom stereocenters. The van der Waals surface area contributed by atoms with Gasteiger partial charge in [-0.1, -0.05) is 42.3 Å². The lowest BCUT2D eigenvalue weighted by atomic mass is 9.55. The molecule has 0 spiro atoms. The van der Waals surface area contributed by atoms with Gasteiger partial charge in [0.05, 0.1) is 16.0 Å². The molecule has 0 radical (unpaired) electrons. The second-order valence-electron chi connectivity index (χ2n) is 10.3. The van der Waals surface area contributed by atoms with E-state index >= 15 is 0 Å². The number of piperazine rings is 1. The molecule has 0 amide bonds. The van der Waals surface area contributed by atoms with Gasteiger partial charge in [0, 0.05) is 44.3 Å². The first-order chi connectivity index (χ1) is 14.8. The molecule has 168 valence electrons. The van der Waals surface area contributed by atoms with Crippen molar-refractivity contribution in [2.24, 2.45) is 23.2 Å². The smallest absolute Gasteiger partial charge is 0.310 e. The molecule has 4 nitrogen and oxygen atoms in total. The van der Waals surface area contributed by atoms with Gasteiger partial charge >= 0.3 is 5.97 Å². The number of carbonyl (C=O) groups is 1. The van der Waals surface area contributed by atoms with Gasteiger partial charge in [0.25, 0.3) is 0 Å². The van der Waals surface area contributed by atoms with Crippen LogP contribution in [0.25, 0.3) is 0 Å². The number of hydrogen-bond donors (Lipinski definition) is 0. The molecule has 5 rings (SSSR count). The third-order valence-electron chi connectivity index (χ3n) is 8.42. The monoisotopic (exact) mass is 462 g/mol. The maximum atomic E-state index is 12.9. The Kier molecular flexibility index (Phi) is 5.77. The minimum atomic E-state index is 0.000743. The molecule has 0 aromatic heterocycles. The molecule has 0 N–H and O–H groups in total. The van der Waals surface area contributed by atoms with Crippen molar-refractivity contribution in [3.8, 4) is 0 Å². The summed E-state index contributed by atoms with van der Waals surface area (Å²) in [5, 5.41) is 1.18. The summed E-state index contributed by atoms with van der Waals surface area (Å²) >= 11 is 12.3. The van der Waals surface area contributed by atoms with Gasteiger partial charge in [0.1, 0.15) is 6.10 Å². The average molecular weight is 463 g/mol. The maximum absolute atomic E-state index is 12.9. The highest BCUT2D eigenvalue weighted by Crippen LogP contribution is 2.56. The minimum absolute atomic E-state index is 0.000743. The number of esters is 1. The lowest BCUT2D eigenvalue weighted by Crippen LogP contribution is -2.50. The van der Waals surface area contributed by atoms with Crippen LogP contribution in [0.2, 0.25) is 10.0 Å². The molecule has 4 fully saturated rings. The standard InChI is InChI=1S/C25H32Cl2N2O2/c1-16-4-3-7-25(2)14-23-18(13-20(16)25)19(24(30)31-23)15-28-8-10-29(11-9-28)17-5-6-21(26)22(27)12-17/h5-6,12,18-20,23H,1,3-4,7-11,13-15H2,2H3/t18-,19-,20-,23+,25+/m0/s1. The second-order valence-corrected chi connectivity index (χ2v) is 11.1. The topological polar surface area (TPSA) is 32.8 Å². The molecule has 0 unspecified atom stereocenters. The van der Waals surface area contributed by atoms with Gasteiger partial charge in [-0.25, -0.2) is 0 Å². The van der Waals surface area contributed by atoms with Crippen LogP contribution in [0.5, 0.6) is 0 Å². The molecule has 2 saturated carbocycles. The highest BCUT2D eigenvalue weighted by Gasteiger charge is 2.55. The van der Waals surface area contributed by atoms with E-state index in [1.54, 1.807) is 0 Å². The van der Waals surface area contributed by atoms with Crippen LogP contribution < -0.4 is 4.90 Å². The maximum Gasteiger partial charge on any atom is 0.310 e. The van der Waals surface area contributed by atoms with E-state index in [4.69, 9.17) is 27.9 Å². The molecule has 2 aliphatic heterocycles. The summed E-state index contributed by atoms with van der Waals surface area (Å²) in [6, 6.07) is 5.82. The Morgan fingerprint density at radius 3 is 2.71 bits per heavy atom. The fourth-order valence-corrected chi connectivity index (χ4v) is 6.91. The van der Waals surface area contributed by atoms with Crippen LogP contribution >= 0.6 is 23.2 Å². The molecule has 1 aromatic rings. The molecule has 4 aliphatic rings. The van der Waals surface area contributed by atoms with Gasteiger partial charge in [-0.15, -0.1) is 0 Å². The van der Waals surface area contributed by atoms with Crippen LogP contribution in [0.15, 0.2) is 30.4 Å². The highest BCUT2D eigenvalue weighted by atomic mass is 35.5. The molecule has 2 aliphatic carbocycles. The normalized spacial score (nSPS) is 36.2. The fraction of sp³-hybridized carbons (Fsp3) is 0.640. The zero-order valence-electron chi connectivity index (χ0n) is 18.3. The lowest BCUT2D eigenvalue weighted by Gasteiger charge is -2.50. The molecule has 0 bridgehead atoms. The van der Waals surface area contributed by atoms with Crippen LogP contribution in [-0.4, -0.2) is 49.7 Å². The molecular formula is C25H32Cl2N2O2. The first kappa shape index (κ1) is 21.6. The summed E-state index contributed by atoms with van der Waals surface area (Å²) < 4.78 is 5.95. The van der Waals surface area contributed by atoms with Crippen molar-refractivity contribution in [1.82, 2.24) is 4.90 Å². The van der Waals surface area contributed by atoms with E-state index in [-0.39, 0.29) is 23.4 Å². The Morgan fingerprint density at radius 1 is 1.19 bits per heavy atom. The molecule has 6 heteroatoms. The number of anilines is 1. The van der Waals surface area contributed by atoms with Crippen LogP contribution in [0.4, 0.5) is 5.69 Å². The Morgan fingerprint density at radius 2 is 1.97 bits per heavy atom. The summed E-state index contributed by atoms with van der Waals surface area (Å²) in [4.78, 5) is 17.6. The molecule has 1 aromatic carbocycles. The van der Waals surface area contributed by atoms with E-state index < -0.39 is 0 Å². The van der Waals surface area contributed by atoms with Crippen LogP contribution in [0, 0.1) is 23.2 Å². The lowest BCUT2D eigenvalue weighted by molar-refractivity contribution is -0.146. The van der Waals surface area contributed by atoms with Crippen LogP contribution in [0.1, 0.15) is 39.0 Å². The third kappa shape index (κ3) is 4.00. The van der Waals surface area contributed by atoms with Gasteiger partial charge in [-0.2, -0.15) is 0 Å². The number of allylic oxidation sites excluding steroid dienone is 1. The Balaban J connectivity index is 1.22. The predicted octanol–water partition coefficient (Wildman–Crippen LogP) is 5.43. The van der Waals surface area contributed by atoms with E-state index in [9.17, 15) is 4.79 Å². The number of carbonyl (C=O) groups excluding carboxylic acids is 1. The molecule has 2 heterocycles. The van der Waals surface area contributed by atoms with E-state index in [1.807, 2.05) is 18.2 Å². The van der Waals surface area contributed by atoms with E-state index in [2.05, 4.69) is 23.3 Å². The second kappa shape index (κ2) is 8.28. The number of rotatable bonds is 3. The summed E-state index contributed by atoms with van der Waals surface area (Å²) in [7, 11) is 0. The zero-order chi connectivity index (χ0) is 21.8. The summed E-state index contributed by atoms with van der Waals surface area (Å²) in [6.45, 7) is 11.3. The Hall–Kier alpha value is -1.23. The number of hydrogen-bond acceptors (Lipinski definition) is 4. The van der Waals surface area contributed by atoms with Crippen molar-refractivity contribution in [2.75, 3.05) is 37.6 Å². The number of benzene rings is 1.